The Hall–Kier alpha value is -2.78. The van der Waals surface area contributed by atoms with Gasteiger partial charge in [0.25, 0.3) is 0 Å². The second-order valence-corrected chi connectivity index (χ2v) is 15.6. The summed E-state index contributed by atoms with van der Waals surface area (Å²) in [5.74, 6) is -4.95. The molecular weight excluding hydrogens is 684 g/mol. The van der Waals surface area contributed by atoms with Gasteiger partial charge in [-0.25, -0.2) is 0 Å². The minimum atomic E-state index is -1.80. The van der Waals surface area contributed by atoms with Crippen molar-refractivity contribution < 1.29 is 53.0 Å². The summed E-state index contributed by atoms with van der Waals surface area (Å²) in [5.41, 5.74) is -2.59. The summed E-state index contributed by atoms with van der Waals surface area (Å²) >= 11 is 0. The van der Waals surface area contributed by atoms with E-state index in [4.69, 9.17) is 28.4 Å². The third kappa shape index (κ3) is 10.7. The number of aliphatic hydroxyl groups excluding tert-OH is 1. The molecule has 3 heterocycles. The molecule has 2 fully saturated rings. The second kappa shape index (κ2) is 19.2. The highest BCUT2D eigenvalue weighted by molar-refractivity contribution is 5.83. The topological polar surface area (TPSA) is 163 Å². The molecule has 2 saturated heterocycles. The molecule has 300 valence electrons. The van der Waals surface area contributed by atoms with Crippen LogP contribution < -0.4 is 0 Å². The van der Waals surface area contributed by atoms with Crippen molar-refractivity contribution in [1.82, 2.24) is 9.88 Å². The van der Waals surface area contributed by atoms with Gasteiger partial charge >= 0.3 is 11.9 Å². The lowest BCUT2D eigenvalue weighted by Gasteiger charge is -2.48. The number of pyridine rings is 1. The van der Waals surface area contributed by atoms with Crippen LogP contribution >= 0.6 is 0 Å². The van der Waals surface area contributed by atoms with Crippen LogP contribution in [-0.4, -0.2) is 126 Å². The van der Waals surface area contributed by atoms with E-state index < -0.39 is 83.6 Å². The molecule has 0 aliphatic carbocycles. The molecule has 2 N–H and O–H groups in total. The fraction of sp³-hybridized carbons (Fsp3) is 0.750. The first-order valence-corrected chi connectivity index (χ1v) is 18.8. The molecule has 2 aliphatic rings. The van der Waals surface area contributed by atoms with Gasteiger partial charge < -0.3 is 43.5 Å². The fourth-order valence-electron chi connectivity index (χ4n) is 8.10. The number of hydrogen-bond acceptors (Lipinski definition) is 13. The molecule has 0 saturated carbocycles. The first-order chi connectivity index (χ1) is 24.8. The number of aromatic nitrogens is 1. The Labute approximate surface area is 315 Å². The molecule has 2 aliphatic heterocycles. The van der Waals surface area contributed by atoms with Crippen LogP contribution in [0.4, 0.5) is 0 Å². The number of rotatable bonds is 11. The maximum atomic E-state index is 14.3. The Balaban J connectivity index is 2.22. The number of aliphatic hydroxyl groups is 2. The predicted molar refractivity (Wildman–Crippen MR) is 198 cm³/mol. The number of nitrogens with zero attached hydrogens (tertiary/aromatic N) is 2. The standard InChI is InChI=1S/C40H64N2O11/c1-13-19-49-36-25(5)32(44)23(3)22-39(8,48-12)35(53-38-33(45)29(42(10)11)20-24(4)50-38)26(6)34(52-31(43)21-28-17-15-16-18-41-28)27(7)37(46)51-30(14-2)40(36,9)47/h13,15-18,23-27,29-30,33-36,38,45,47H,1,14,19-22H2,2-12H3/t23-,24-,25+,26+,27-,29+,30-,33-,34+,35-,36-,38?,39+,40-/m1/s1. The van der Waals surface area contributed by atoms with Gasteiger partial charge in [-0.3, -0.25) is 19.4 Å². The Morgan fingerprint density at radius 1 is 1.11 bits per heavy atom. The number of ketones is 1. The Bertz CT molecular complexity index is 1360. The van der Waals surface area contributed by atoms with Crippen LogP contribution in [0.3, 0.4) is 0 Å². The van der Waals surface area contributed by atoms with E-state index in [0.29, 0.717) is 12.1 Å². The summed E-state index contributed by atoms with van der Waals surface area (Å²) in [4.78, 5) is 48.3. The lowest BCUT2D eigenvalue weighted by atomic mass is 9.73. The van der Waals surface area contributed by atoms with E-state index in [2.05, 4.69) is 11.6 Å². The lowest BCUT2D eigenvalue weighted by molar-refractivity contribution is -0.301. The SMILES string of the molecule is C=CCO[C@@H]1[C@@H](C)C(=O)[C@H](C)C[C@](C)(OC)[C@H](OC2O[C@H](C)C[C@H](N(C)C)[C@H]2O)[C@@H](C)[C@H](OC(=O)Cc2ccccn2)[C@@H](C)C(=O)O[C@H](CC)[C@@]1(C)O. The molecule has 53 heavy (non-hydrogen) atoms. The lowest BCUT2D eigenvalue weighted by Crippen LogP contribution is -2.61. The van der Waals surface area contributed by atoms with Crippen LogP contribution in [0.15, 0.2) is 37.1 Å². The first-order valence-electron chi connectivity index (χ1n) is 18.8. The van der Waals surface area contributed by atoms with E-state index in [-0.39, 0.29) is 43.8 Å². The zero-order valence-corrected chi connectivity index (χ0v) is 33.5. The van der Waals surface area contributed by atoms with Gasteiger partial charge in [-0.2, -0.15) is 0 Å². The average Bonchev–Trinajstić information content (AvgIpc) is 3.11. The summed E-state index contributed by atoms with van der Waals surface area (Å²) in [5, 5.41) is 23.6. The van der Waals surface area contributed by atoms with Crippen LogP contribution in [0.25, 0.3) is 0 Å². The maximum absolute atomic E-state index is 14.3. The molecular formula is C40H64N2O11. The van der Waals surface area contributed by atoms with Crippen molar-refractivity contribution in [3.05, 3.63) is 42.7 Å². The largest absolute Gasteiger partial charge is 0.461 e. The summed E-state index contributed by atoms with van der Waals surface area (Å²) in [7, 11) is 5.25. The van der Waals surface area contributed by atoms with Crippen LogP contribution in [0.2, 0.25) is 0 Å². The van der Waals surface area contributed by atoms with Gasteiger partial charge in [0.15, 0.2) is 6.29 Å². The highest BCUT2D eigenvalue weighted by atomic mass is 16.7. The van der Waals surface area contributed by atoms with Crippen LogP contribution in [0.5, 0.6) is 0 Å². The van der Waals surface area contributed by atoms with Crippen molar-refractivity contribution in [2.45, 2.75) is 141 Å². The maximum Gasteiger partial charge on any atom is 0.312 e. The molecule has 0 amide bonds. The third-order valence-electron chi connectivity index (χ3n) is 11.2. The molecule has 1 aromatic rings. The van der Waals surface area contributed by atoms with Gasteiger partial charge in [-0.1, -0.05) is 39.8 Å². The molecule has 1 aromatic heterocycles. The zero-order chi connectivity index (χ0) is 39.8. The van der Waals surface area contributed by atoms with E-state index in [1.807, 2.05) is 25.9 Å². The van der Waals surface area contributed by atoms with E-state index in [9.17, 15) is 24.6 Å². The van der Waals surface area contributed by atoms with Crippen LogP contribution in [0, 0.1) is 23.7 Å². The second-order valence-electron chi connectivity index (χ2n) is 15.6. The summed E-state index contributed by atoms with van der Waals surface area (Å²) in [6, 6.07) is 4.91. The van der Waals surface area contributed by atoms with E-state index in [0.717, 1.165) is 0 Å². The van der Waals surface area contributed by atoms with Gasteiger partial charge in [0.1, 0.15) is 29.7 Å². The number of esters is 2. The minimum absolute atomic E-state index is 0.0429. The molecule has 0 bridgehead atoms. The number of Topliss-reactive ketones (excluding diaryl/α,β-unsaturated/α-hetero) is 1. The van der Waals surface area contributed by atoms with Crippen molar-refractivity contribution in [2.24, 2.45) is 23.7 Å². The smallest absolute Gasteiger partial charge is 0.312 e. The van der Waals surface area contributed by atoms with Crippen LogP contribution in [0.1, 0.15) is 80.3 Å². The molecule has 1 unspecified atom stereocenters. The number of likely N-dealkylation sites (N-methyl/N-ethyl adjacent to an activating group) is 1. The predicted octanol–water partition coefficient (Wildman–Crippen LogP) is 3.91. The highest BCUT2D eigenvalue weighted by Crippen LogP contribution is 2.40. The van der Waals surface area contributed by atoms with Gasteiger partial charge in [0.05, 0.1) is 48.6 Å². The van der Waals surface area contributed by atoms with E-state index in [1.165, 1.54) is 20.1 Å². The Kier molecular flexibility index (Phi) is 16.2. The highest BCUT2D eigenvalue weighted by Gasteiger charge is 2.53. The summed E-state index contributed by atoms with van der Waals surface area (Å²) < 4.78 is 37.5. The average molecular weight is 749 g/mol. The van der Waals surface area contributed by atoms with Gasteiger partial charge in [-0.15, -0.1) is 6.58 Å². The number of cyclic esters (lactones) is 1. The molecule has 0 aromatic carbocycles. The van der Waals surface area contributed by atoms with Crippen molar-refractivity contribution in [1.29, 1.82) is 0 Å². The Morgan fingerprint density at radius 2 is 1.79 bits per heavy atom. The molecule has 13 heteroatoms. The van der Waals surface area contributed by atoms with Crippen molar-refractivity contribution >= 4 is 17.7 Å². The number of carbonyl (C=O) groups is 3. The molecule has 3 rings (SSSR count). The minimum Gasteiger partial charge on any atom is -0.461 e. The van der Waals surface area contributed by atoms with Crippen molar-refractivity contribution in [2.75, 3.05) is 27.8 Å². The normalized spacial score (nSPS) is 39.2. The summed E-state index contributed by atoms with van der Waals surface area (Å²) in [6.45, 7) is 17.6. The molecule has 13 nitrogen and oxygen atoms in total. The first kappa shape index (κ1) is 44.6. The molecule has 14 atom stereocenters. The fourth-order valence-corrected chi connectivity index (χ4v) is 8.10. The van der Waals surface area contributed by atoms with Gasteiger partial charge in [0, 0.05) is 37.1 Å². The van der Waals surface area contributed by atoms with E-state index in [1.54, 1.807) is 65.9 Å². The number of methoxy groups -OCH3 is 1. The molecule has 0 spiro atoms. The number of hydrogen-bond donors (Lipinski definition) is 2. The summed E-state index contributed by atoms with van der Waals surface area (Å²) in [6.07, 6.45) is -2.98. The zero-order valence-electron chi connectivity index (χ0n) is 33.5. The Morgan fingerprint density at radius 3 is 2.36 bits per heavy atom. The molecule has 0 radical (unpaired) electrons. The number of ether oxygens (including phenoxy) is 6. The third-order valence-corrected chi connectivity index (χ3v) is 11.2. The van der Waals surface area contributed by atoms with Gasteiger partial charge in [0.2, 0.25) is 0 Å². The van der Waals surface area contributed by atoms with Gasteiger partial charge in [-0.05, 0) is 73.2 Å². The van der Waals surface area contributed by atoms with Crippen molar-refractivity contribution in [3.8, 4) is 0 Å². The van der Waals surface area contributed by atoms with Crippen molar-refractivity contribution in [3.63, 3.8) is 0 Å². The quantitative estimate of drug-likeness (QED) is 0.248. The monoisotopic (exact) mass is 748 g/mol. The van der Waals surface area contributed by atoms with E-state index >= 15 is 0 Å². The van der Waals surface area contributed by atoms with Crippen LogP contribution in [-0.2, 0) is 49.2 Å². The number of carbonyl (C=O) groups excluding carboxylic acids is 3.